The van der Waals surface area contributed by atoms with Crippen LogP contribution in [0.3, 0.4) is 0 Å². The van der Waals surface area contributed by atoms with Gasteiger partial charge < -0.3 is 20.4 Å². The summed E-state index contributed by atoms with van der Waals surface area (Å²) in [5.41, 5.74) is 1.19. The van der Waals surface area contributed by atoms with Gasteiger partial charge >= 0.3 is 6.03 Å². The molecule has 2 bridgehead atoms. The summed E-state index contributed by atoms with van der Waals surface area (Å²) >= 11 is 0. The van der Waals surface area contributed by atoms with Crippen molar-refractivity contribution in [3.8, 4) is 6.07 Å². The first-order chi connectivity index (χ1) is 13.9. The summed E-state index contributed by atoms with van der Waals surface area (Å²) < 4.78 is 0. The number of urea groups is 1. The molecule has 3 saturated heterocycles. The van der Waals surface area contributed by atoms with Crippen molar-refractivity contribution in [2.24, 2.45) is 11.8 Å². The summed E-state index contributed by atoms with van der Waals surface area (Å²) in [5.74, 6) is 1.48. The van der Waals surface area contributed by atoms with Gasteiger partial charge in [0.2, 0.25) is 0 Å². The number of fused-ring (bicyclic) bond motifs is 3. The number of hydrogen-bond acceptors (Lipinski definition) is 5. The fourth-order valence-corrected chi connectivity index (χ4v) is 4.58. The molecule has 158 valence electrons. The maximum Gasteiger partial charge on any atom is 0.319 e. The maximum absolute atomic E-state index is 12.3. The van der Waals surface area contributed by atoms with E-state index in [-0.39, 0.29) is 6.03 Å². The molecule has 1 aromatic rings. The highest BCUT2D eigenvalue weighted by atomic mass is 16.2. The molecule has 0 saturated carbocycles. The molecule has 7 heteroatoms. The zero-order chi connectivity index (χ0) is 20.8. The SMILES string of the molecule is CN(C)CCN(C)CC1CN2CCC1CC2CNC(=O)Nc1cccc(C#N)c1. The smallest absolute Gasteiger partial charge is 0.319 e. The van der Waals surface area contributed by atoms with E-state index in [9.17, 15) is 4.79 Å². The average Bonchev–Trinajstić information content (AvgIpc) is 2.71. The molecule has 4 unspecified atom stereocenters. The Morgan fingerprint density at radius 1 is 1.31 bits per heavy atom. The Balaban J connectivity index is 1.43. The van der Waals surface area contributed by atoms with Crippen molar-refractivity contribution in [3.63, 3.8) is 0 Å². The van der Waals surface area contributed by atoms with Crippen molar-refractivity contribution in [1.29, 1.82) is 5.26 Å². The van der Waals surface area contributed by atoms with Crippen molar-refractivity contribution >= 4 is 11.7 Å². The highest BCUT2D eigenvalue weighted by molar-refractivity contribution is 5.89. The molecule has 2 amide bonds. The molecule has 1 aromatic carbocycles. The van der Waals surface area contributed by atoms with Crippen LogP contribution in [0.1, 0.15) is 18.4 Å². The number of amides is 2. The van der Waals surface area contributed by atoms with Crippen molar-refractivity contribution in [2.75, 3.05) is 65.7 Å². The van der Waals surface area contributed by atoms with Gasteiger partial charge in [-0.3, -0.25) is 4.90 Å². The molecule has 29 heavy (non-hydrogen) atoms. The summed E-state index contributed by atoms with van der Waals surface area (Å²) in [4.78, 5) is 19.5. The summed E-state index contributed by atoms with van der Waals surface area (Å²) in [6.07, 6.45) is 2.44. The third-order valence-electron chi connectivity index (χ3n) is 6.24. The average molecular weight is 399 g/mol. The number of nitrogens with one attached hydrogen (secondary N) is 2. The summed E-state index contributed by atoms with van der Waals surface area (Å²) in [5, 5.41) is 14.8. The Morgan fingerprint density at radius 3 is 2.83 bits per heavy atom. The molecule has 0 spiro atoms. The summed E-state index contributed by atoms with van der Waals surface area (Å²) in [7, 11) is 6.47. The van der Waals surface area contributed by atoms with Crippen molar-refractivity contribution in [1.82, 2.24) is 20.0 Å². The molecular weight excluding hydrogens is 364 g/mol. The van der Waals surface area contributed by atoms with Crippen LogP contribution in [0.15, 0.2) is 24.3 Å². The molecule has 7 nitrogen and oxygen atoms in total. The van der Waals surface area contributed by atoms with Gasteiger partial charge in [-0.25, -0.2) is 4.79 Å². The summed E-state index contributed by atoms with van der Waals surface area (Å²) in [6.45, 7) is 6.30. The van der Waals surface area contributed by atoms with Crippen molar-refractivity contribution < 1.29 is 4.79 Å². The number of anilines is 1. The monoisotopic (exact) mass is 398 g/mol. The Bertz CT molecular complexity index is 730. The minimum atomic E-state index is -0.206. The maximum atomic E-state index is 12.3. The highest BCUT2D eigenvalue weighted by Crippen LogP contribution is 2.36. The van der Waals surface area contributed by atoms with Gasteiger partial charge in [0, 0.05) is 44.5 Å². The normalized spacial score (nSPS) is 25.8. The first kappa shape index (κ1) is 21.6. The number of hydrogen-bond donors (Lipinski definition) is 2. The molecule has 2 N–H and O–H groups in total. The molecule has 0 aliphatic carbocycles. The van der Waals surface area contributed by atoms with E-state index in [0.29, 0.717) is 23.8 Å². The minimum Gasteiger partial charge on any atom is -0.336 e. The van der Waals surface area contributed by atoms with Crippen LogP contribution in [0.5, 0.6) is 0 Å². The van der Waals surface area contributed by atoms with Crippen LogP contribution < -0.4 is 10.6 Å². The van der Waals surface area contributed by atoms with Crippen molar-refractivity contribution in [3.05, 3.63) is 29.8 Å². The van der Waals surface area contributed by atoms with Crippen LogP contribution >= 0.6 is 0 Å². The number of nitriles is 1. The van der Waals surface area contributed by atoms with E-state index in [1.54, 1.807) is 24.3 Å². The first-order valence-electron chi connectivity index (χ1n) is 10.6. The third kappa shape index (κ3) is 6.17. The minimum absolute atomic E-state index is 0.206. The van der Waals surface area contributed by atoms with Gasteiger partial charge in [-0.05, 0) is 70.6 Å². The van der Waals surface area contributed by atoms with Gasteiger partial charge in [0.25, 0.3) is 0 Å². The molecule has 3 fully saturated rings. The van der Waals surface area contributed by atoms with E-state index in [0.717, 1.165) is 51.0 Å². The lowest BCUT2D eigenvalue weighted by molar-refractivity contribution is -0.00849. The third-order valence-corrected chi connectivity index (χ3v) is 6.24. The summed E-state index contributed by atoms with van der Waals surface area (Å²) in [6, 6.07) is 9.29. The molecule has 4 atom stereocenters. The first-order valence-corrected chi connectivity index (χ1v) is 10.6. The fraction of sp³-hybridized carbons (Fsp3) is 0.636. The number of benzene rings is 1. The van der Waals surface area contributed by atoms with Crippen LogP contribution in [0, 0.1) is 23.2 Å². The van der Waals surface area contributed by atoms with E-state index in [2.05, 4.69) is 52.5 Å². The van der Waals surface area contributed by atoms with Gasteiger partial charge in [0.1, 0.15) is 0 Å². The number of rotatable bonds is 8. The number of carbonyl (C=O) groups is 1. The van der Waals surface area contributed by atoms with Crippen LogP contribution in [0.25, 0.3) is 0 Å². The van der Waals surface area contributed by atoms with Gasteiger partial charge in [0.15, 0.2) is 0 Å². The van der Waals surface area contributed by atoms with E-state index in [1.165, 1.54) is 6.42 Å². The lowest BCUT2D eigenvalue weighted by atomic mass is 9.75. The molecule has 0 radical (unpaired) electrons. The second-order valence-corrected chi connectivity index (χ2v) is 8.79. The zero-order valence-corrected chi connectivity index (χ0v) is 17.9. The Kier molecular flexibility index (Phi) is 7.48. The molecular formula is C22H34N6O. The van der Waals surface area contributed by atoms with Crippen LogP contribution in [-0.4, -0.2) is 87.2 Å². The van der Waals surface area contributed by atoms with Gasteiger partial charge in [-0.2, -0.15) is 5.26 Å². The van der Waals surface area contributed by atoms with E-state index < -0.39 is 0 Å². The lowest BCUT2D eigenvalue weighted by Gasteiger charge is -2.50. The number of carbonyl (C=O) groups excluding carboxylic acids is 1. The lowest BCUT2D eigenvalue weighted by Crippen LogP contribution is -2.58. The predicted octanol–water partition coefficient (Wildman–Crippen LogP) is 1.88. The largest absolute Gasteiger partial charge is 0.336 e. The Hall–Kier alpha value is -2.14. The highest BCUT2D eigenvalue weighted by Gasteiger charge is 2.40. The Labute approximate surface area is 174 Å². The quantitative estimate of drug-likeness (QED) is 0.699. The number of likely N-dealkylation sites (N-methyl/N-ethyl adjacent to an activating group) is 2. The van der Waals surface area contributed by atoms with Gasteiger partial charge in [-0.1, -0.05) is 6.07 Å². The molecule has 3 heterocycles. The van der Waals surface area contributed by atoms with Crippen molar-refractivity contribution in [2.45, 2.75) is 18.9 Å². The molecule has 0 aromatic heterocycles. The standard InChI is InChI=1S/C22H34N6O/c1-26(2)9-10-27(3)15-19-16-28-8-7-18(19)12-21(28)14-24-22(29)25-20-6-4-5-17(11-20)13-23/h4-6,11,18-19,21H,7-10,12,14-16H2,1-3H3,(H2,24,25,29). The van der Waals surface area contributed by atoms with E-state index in [4.69, 9.17) is 5.26 Å². The van der Waals surface area contributed by atoms with Crippen LogP contribution in [0.2, 0.25) is 0 Å². The number of piperidine rings is 3. The van der Waals surface area contributed by atoms with Gasteiger partial charge in [0.05, 0.1) is 11.6 Å². The fourth-order valence-electron chi connectivity index (χ4n) is 4.58. The van der Waals surface area contributed by atoms with E-state index >= 15 is 0 Å². The Morgan fingerprint density at radius 2 is 2.14 bits per heavy atom. The second kappa shape index (κ2) is 10.1. The topological polar surface area (TPSA) is 74.6 Å². The second-order valence-electron chi connectivity index (χ2n) is 8.79. The van der Waals surface area contributed by atoms with E-state index in [1.807, 2.05) is 0 Å². The zero-order valence-electron chi connectivity index (χ0n) is 17.9. The molecule has 3 aliphatic heterocycles. The molecule has 4 rings (SSSR count). The van der Waals surface area contributed by atoms with Crippen LogP contribution in [-0.2, 0) is 0 Å². The van der Waals surface area contributed by atoms with Crippen LogP contribution in [0.4, 0.5) is 10.5 Å². The predicted molar refractivity (Wildman–Crippen MR) is 116 cm³/mol. The van der Waals surface area contributed by atoms with Gasteiger partial charge in [-0.15, -0.1) is 0 Å². The molecule has 3 aliphatic rings. The number of nitrogens with zero attached hydrogens (tertiary/aromatic N) is 4.